The van der Waals surface area contributed by atoms with Gasteiger partial charge in [-0.2, -0.15) is 0 Å². The number of ether oxygens (including phenoxy) is 1. The minimum atomic E-state index is 0.384. The van der Waals surface area contributed by atoms with Gasteiger partial charge in [-0.3, -0.25) is 4.90 Å². The molecule has 1 saturated heterocycles. The van der Waals surface area contributed by atoms with Crippen LogP contribution in [0, 0.1) is 6.92 Å². The summed E-state index contributed by atoms with van der Waals surface area (Å²) < 4.78 is 8.39. The van der Waals surface area contributed by atoms with Crippen molar-refractivity contribution in [2.24, 2.45) is 0 Å². The van der Waals surface area contributed by atoms with Crippen LogP contribution in [0.3, 0.4) is 0 Å². The number of aryl methyl sites for hydroxylation is 2. The van der Waals surface area contributed by atoms with E-state index in [4.69, 9.17) is 4.74 Å². The lowest BCUT2D eigenvalue weighted by molar-refractivity contribution is -0.166. The quantitative estimate of drug-likeness (QED) is 0.797. The molecular formula is C18H22N2O. The first-order chi connectivity index (χ1) is 10.3. The second-order valence-corrected chi connectivity index (χ2v) is 6.80. The van der Waals surface area contributed by atoms with Crippen molar-refractivity contribution >= 4 is 10.9 Å². The smallest absolute Gasteiger partial charge is 0.113 e. The molecule has 3 heterocycles. The van der Waals surface area contributed by atoms with Crippen molar-refractivity contribution in [3.63, 3.8) is 0 Å². The second-order valence-electron chi connectivity index (χ2n) is 6.80. The fraction of sp³-hybridized carbons (Fsp3) is 0.556. The summed E-state index contributed by atoms with van der Waals surface area (Å²) >= 11 is 0. The van der Waals surface area contributed by atoms with Gasteiger partial charge in [-0.1, -0.05) is 11.6 Å². The predicted molar refractivity (Wildman–Crippen MR) is 83.4 cm³/mol. The molecule has 1 aromatic carbocycles. The number of rotatable bonds is 1. The van der Waals surface area contributed by atoms with Gasteiger partial charge in [-0.25, -0.2) is 0 Å². The second kappa shape index (κ2) is 4.34. The number of aromatic nitrogens is 1. The maximum Gasteiger partial charge on any atom is 0.113 e. The molecule has 0 amide bonds. The van der Waals surface area contributed by atoms with Crippen LogP contribution in [0.2, 0.25) is 0 Å². The lowest BCUT2D eigenvalue weighted by Crippen LogP contribution is -2.51. The Balaban J connectivity index is 1.71. The predicted octanol–water partition coefficient (Wildman–Crippen LogP) is 3.39. The highest BCUT2D eigenvalue weighted by atomic mass is 16.5. The van der Waals surface area contributed by atoms with Crippen LogP contribution < -0.4 is 0 Å². The van der Waals surface area contributed by atoms with Crippen molar-refractivity contribution in [2.75, 3.05) is 13.2 Å². The number of hydrogen-bond donors (Lipinski definition) is 0. The van der Waals surface area contributed by atoms with Gasteiger partial charge < -0.3 is 9.30 Å². The van der Waals surface area contributed by atoms with Gasteiger partial charge in [0.15, 0.2) is 0 Å². The van der Waals surface area contributed by atoms with Crippen LogP contribution in [0.25, 0.3) is 10.9 Å². The Morgan fingerprint density at radius 2 is 2.10 bits per heavy atom. The van der Waals surface area contributed by atoms with Crippen molar-refractivity contribution in [1.29, 1.82) is 0 Å². The summed E-state index contributed by atoms with van der Waals surface area (Å²) in [5.74, 6) is 0. The topological polar surface area (TPSA) is 17.4 Å². The monoisotopic (exact) mass is 282 g/mol. The maximum atomic E-state index is 5.79. The van der Waals surface area contributed by atoms with Gasteiger partial charge in [0.25, 0.3) is 0 Å². The maximum absolute atomic E-state index is 5.79. The number of benzene rings is 1. The number of nitrogens with zero attached hydrogens (tertiary/aromatic N) is 2. The van der Waals surface area contributed by atoms with Crippen molar-refractivity contribution in [3.05, 3.63) is 35.0 Å². The van der Waals surface area contributed by atoms with Crippen LogP contribution in [0.5, 0.6) is 0 Å². The van der Waals surface area contributed by atoms with Crippen LogP contribution in [-0.4, -0.2) is 28.8 Å². The van der Waals surface area contributed by atoms with E-state index in [1.54, 1.807) is 11.3 Å². The van der Waals surface area contributed by atoms with Crippen molar-refractivity contribution in [3.8, 4) is 0 Å². The first kappa shape index (κ1) is 12.2. The number of fused-ring (bicyclic) bond motifs is 3. The molecule has 3 aliphatic rings. The minimum absolute atomic E-state index is 0.384. The van der Waals surface area contributed by atoms with Crippen molar-refractivity contribution < 1.29 is 4.74 Å². The summed E-state index contributed by atoms with van der Waals surface area (Å²) in [6.45, 7) is 5.41. The molecule has 1 fully saturated rings. The van der Waals surface area contributed by atoms with Gasteiger partial charge in [-0.05, 0) is 43.9 Å². The van der Waals surface area contributed by atoms with E-state index in [-0.39, 0.29) is 0 Å². The Hall–Kier alpha value is -1.32. The Kier molecular flexibility index (Phi) is 2.53. The molecule has 110 valence electrons. The van der Waals surface area contributed by atoms with E-state index in [0.29, 0.717) is 12.3 Å². The Labute approximate surface area is 125 Å². The zero-order valence-corrected chi connectivity index (χ0v) is 12.6. The van der Waals surface area contributed by atoms with Crippen LogP contribution in [0.1, 0.15) is 42.1 Å². The molecule has 2 aliphatic heterocycles. The van der Waals surface area contributed by atoms with Gasteiger partial charge in [0, 0.05) is 36.1 Å². The summed E-state index contributed by atoms with van der Waals surface area (Å²) in [5, 5.41) is 1.51. The van der Waals surface area contributed by atoms with Gasteiger partial charge in [-0.15, -0.1) is 0 Å². The Bertz CT molecular complexity index is 714. The number of hydrogen-bond acceptors (Lipinski definition) is 2. The van der Waals surface area contributed by atoms with E-state index >= 15 is 0 Å². The minimum Gasteiger partial charge on any atom is -0.363 e. The van der Waals surface area contributed by atoms with E-state index in [0.717, 1.165) is 19.7 Å². The largest absolute Gasteiger partial charge is 0.363 e. The highest BCUT2D eigenvalue weighted by Gasteiger charge is 2.39. The molecule has 0 N–H and O–H groups in total. The molecule has 0 bridgehead atoms. The molecule has 1 aromatic heterocycles. The Morgan fingerprint density at radius 3 is 2.90 bits per heavy atom. The molecule has 3 nitrogen and oxygen atoms in total. The average Bonchev–Trinajstić information content (AvgIpc) is 2.75. The summed E-state index contributed by atoms with van der Waals surface area (Å²) in [5.41, 5.74) is 6.05. The molecule has 0 radical (unpaired) electrons. The fourth-order valence-corrected chi connectivity index (χ4v) is 4.57. The fourth-order valence-electron chi connectivity index (χ4n) is 4.57. The zero-order chi connectivity index (χ0) is 14.0. The molecular weight excluding hydrogens is 260 g/mol. The van der Waals surface area contributed by atoms with Gasteiger partial charge in [0.05, 0.1) is 12.6 Å². The van der Waals surface area contributed by atoms with Gasteiger partial charge >= 0.3 is 0 Å². The molecule has 21 heavy (non-hydrogen) atoms. The Morgan fingerprint density at radius 1 is 1.19 bits per heavy atom. The van der Waals surface area contributed by atoms with E-state index in [1.807, 2.05) is 0 Å². The van der Waals surface area contributed by atoms with Crippen LogP contribution in [-0.2, 0) is 17.7 Å². The van der Waals surface area contributed by atoms with Crippen molar-refractivity contribution in [1.82, 2.24) is 9.47 Å². The van der Waals surface area contributed by atoms with E-state index in [1.165, 1.54) is 42.1 Å². The third-order valence-corrected chi connectivity index (χ3v) is 5.62. The summed E-state index contributed by atoms with van der Waals surface area (Å²) in [7, 11) is 0. The first-order valence-electron chi connectivity index (χ1n) is 8.32. The molecule has 3 heteroatoms. The molecule has 1 aliphatic carbocycles. The van der Waals surface area contributed by atoms with E-state index in [9.17, 15) is 0 Å². The highest BCUT2D eigenvalue weighted by molar-refractivity contribution is 5.87. The lowest BCUT2D eigenvalue weighted by Gasteiger charge is -2.46. The molecule has 2 atom stereocenters. The average molecular weight is 282 g/mol. The molecule has 2 unspecified atom stereocenters. The molecule has 5 rings (SSSR count). The van der Waals surface area contributed by atoms with Crippen LogP contribution in [0.15, 0.2) is 18.2 Å². The summed E-state index contributed by atoms with van der Waals surface area (Å²) in [4.78, 5) is 2.63. The SMILES string of the molecule is Cc1ccc2c(c1)c1c3n2CCN(C2CCO2)C3CCC1. The normalized spacial score (nSPS) is 28.4. The van der Waals surface area contributed by atoms with Gasteiger partial charge in [0.2, 0.25) is 0 Å². The summed E-state index contributed by atoms with van der Waals surface area (Å²) in [6.07, 6.45) is 5.45. The van der Waals surface area contributed by atoms with Crippen LogP contribution >= 0.6 is 0 Å². The molecule has 0 spiro atoms. The van der Waals surface area contributed by atoms with Crippen LogP contribution in [0.4, 0.5) is 0 Å². The van der Waals surface area contributed by atoms with Crippen molar-refractivity contribution in [2.45, 2.75) is 51.4 Å². The molecule has 0 saturated carbocycles. The third kappa shape index (κ3) is 1.62. The molecule has 2 aromatic rings. The summed E-state index contributed by atoms with van der Waals surface area (Å²) in [6, 6.07) is 7.56. The lowest BCUT2D eigenvalue weighted by atomic mass is 9.89. The van der Waals surface area contributed by atoms with Gasteiger partial charge in [0.1, 0.15) is 6.23 Å². The third-order valence-electron chi connectivity index (χ3n) is 5.62. The highest BCUT2D eigenvalue weighted by Crippen LogP contribution is 2.44. The first-order valence-corrected chi connectivity index (χ1v) is 8.32. The van der Waals surface area contributed by atoms with E-state index < -0.39 is 0 Å². The van der Waals surface area contributed by atoms with E-state index in [2.05, 4.69) is 34.6 Å². The zero-order valence-electron chi connectivity index (χ0n) is 12.6. The standard InChI is InChI=1S/C18H22N2O/c1-12-5-6-15-14(11-12)13-3-2-4-16-18(13)20(15)9-8-19(16)17-7-10-21-17/h5-6,11,16-17H,2-4,7-10H2,1H3.